The van der Waals surface area contributed by atoms with Gasteiger partial charge >= 0.3 is 0 Å². The lowest BCUT2D eigenvalue weighted by molar-refractivity contribution is 0.0812. The van der Waals surface area contributed by atoms with Crippen molar-refractivity contribution >= 4 is 23.3 Å². The number of fused-ring (bicyclic) bond motifs is 1. The van der Waals surface area contributed by atoms with Crippen molar-refractivity contribution in [2.45, 2.75) is 18.6 Å². The summed E-state index contributed by atoms with van der Waals surface area (Å²) in [7, 11) is 3.66. The first-order valence-electron chi connectivity index (χ1n) is 6.63. The number of aliphatic imine (C=N–C) groups is 1. The minimum atomic E-state index is -0.986. The summed E-state index contributed by atoms with van der Waals surface area (Å²) < 4.78 is 1.57. The molecule has 2 atom stereocenters. The minimum absolute atomic E-state index is 0.0736. The van der Waals surface area contributed by atoms with Gasteiger partial charge in [0, 0.05) is 20.5 Å². The molecule has 0 saturated heterocycles. The Hall–Kier alpha value is -2.57. The van der Waals surface area contributed by atoms with Crippen LogP contribution in [0.4, 0.5) is 5.82 Å². The molecule has 0 spiro atoms. The van der Waals surface area contributed by atoms with Crippen molar-refractivity contribution < 1.29 is 10.2 Å². The molecule has 0 fully saturated rings. The highest BCUT2D eigenvalue weighted by molar-refractivity contribution is 5.83. The molecule has 0 radical (unpaired) electrons. The Morgan fingerprint density at radius 2 is 2.23 bits per heavy atom. The Morgan fingerprint density at radius 1 is 1.45 bits per heavy atom. The molecule has 116 valence electrons. The number of aromatic nitrogens is 4. The van der Waals surface area contributed by atoms with Crippen LogP contribution in [0.2, 0.25) is 0 Å². The van der Waals surface area contributed by atoms with Gasteiger partial charge in [0.25, 0.3) is 0 Å². The van der Waals surface area contributed by atoms with Crippen molar-refractivity contribution in [3.05, 3.63) is 12.7 Å². The quantitative estimate of drug-likeness (QED) is 0.562. The standard InChI is InChI=1S/C13H17N7O2/c1-19(2)7-17-12-11-13(16-6-15-12)18-8-20(11)9(4-14)3-10(22)5-21/h6-10,21-22H,3,5H2,1-2H3. The van der Waals surface area contributed by atoms with E-state index in [0.29, 0.717) is 17.0 Å². The topological polar surface area (TPSA) is 123 Å². The maximum atomic E-state index is 9.57. The Bertz CT molecular complexity index is 704. The predicted molar refractivity (Wildman–Crippen MR) is 79.5 cm³/mol. The molecule has 2 rings (SSSR count). The van der Waals surface area contributed by atoms with E-state index in [9.17, 15) is 10.4 Å². The average Bonchev–Trinajstić information content (AvgIpc) is 2.94. The summed E-state index contributed by atoms with van der Waals surface area (Å²) in [5.41, 5.74) is 0.928. The molecule has 9 nitrogen and oxygen atoms in total. The number of hydrogen-bond acceptors (Lipinski definition) is 7. The van der Waals surface area contributed by atoms with E-state index in [2.05, 4.69) is 26.0 Å². The van der Waals surface area contributed by atoms with Gasteiger partial charge in [-0.2, -0.15) is 5.26 Å². The monoisotopic (exact) mass is 303 g/mol. The van der Waals surface area contributed by atoms with Crippen LogP contribution in [-0.4, -0.2) is 67.8 Å². The van der Waals surface area contributed by atoms with Gasteiger partial charge in [-0.15, -0.1) is 0 Å². The molecule has 2 aromatic rings. The van der Waals surface area contributed by atoms with E-state index in [-0.39, 0.29) is 6.42 Å². The number of aliphatic hydroxyl groups excluding tert-OH is 2. The van der Waals surface area contributed by atoms with Crippen molar-refractivity contribution in [3.8, 4) is 6.07 Å². The summed E-state index contributed by atoms with van der Waals surface area (Å²) in [6, 6.07) is 1.39. The van der Waals surface area contributed by atoms with E-state index in [0.717, 1.165) is 0 Å². The highest BCUT2D eigenvalue weighted by Crippen LogP contribution is 2.26. The maximum absolute atomic E-state index is 9.57. The molecule has 0 aliphatic rings. The molecule has 2 aromatic heterocycles. The summed E-state index contributed by atoms with van der Waals surface area (Å²) in [5, 5.41) is 27.9. The van der Waals surface area contributed by atoms with E-state index < -0.39 is 18.8 Å². The zero-order valence-electron chi connectivity index (χ0n) is 12.3. The summed E-state index contributed by atoms with van der Waals surface area (Å²) in [4.78, 5) is 18.3. The van der Waals surface area contributed by atoms with Crippen LogP contribution in [0.15, 0.2) is 17.6 Å². The summed E-state index contributed by atoms with van der Waals surface area (Å²) >= 11 is 0. The molecule has 0 bridgehead atoms. The minimum Gasteiger partial charge on any atom is -0.394 e. The fourth-order valence-corrected chi connectivity index (χ4v) is 1.92. The van der Waals surface area contributed by atoms with Gasteiger partial charge in [-0.25, -0.2) is 19.9 Å². The van der Waals surface area contributed by atoms with Crippen molar-refractivity contribution in [2.24, 2.45) is 4.99 Å². The predicted octanol–water partition coefficient (Wildman–Crippen LogP) is -0.144. The van der Waals surface area contributed by atoms with Gasteiger partial charge < -0.3 is 19.7 Å². The van der Waals surface area contributed by atoms with Crippen molar-refractivity contribution in [3.63, 3.8) is 0 Å². The third-order valence-electron chi connectivity index (χ3n) is 2.95. The molecule has 0 aliphatic carbocycles. The van der Waals surface area contributed by atoms with E-state index >= 15 is 0 Å². The fourth-order valence-electron chi connectivity index (χ4n) is 1.92. The van der Waals surface area contributed by atoms with Crippen molar-refractivity contribution in [1.82, 2.24) is 24.4 Å². The lowest BCUT2D eigenvalue weighted by Gasteiger charge is -2.15. The average molecular weight is 303 g/mol. The normalized spacial score (nSPS) is 14.1. The van der Waals surface area contributed by atoms with Crippen LogP contribution in [0.1, 0.15) is 12.5 Å². The second-order valence-electron chi connectivity index (χ2n) is 4.95. The van der Waals surface area contributed by atoms with E-state index in [1.54, 1.807) is 15.8 Å². The third-order valence-corrected chi connectivity index (χ3v) is 2.95. The van der Waals surface area contributed by atoms with Gasteiger partial charge in [-0.1, -0.05) is 0 Å². The number of imidazole rings is 1. The van der Waals surface area contributed by atoms with Gasteiger partial charge in [0.1, 0.15) is 17.9 Å². The highest BCUT2D eigenvalue weighted by Gasteiger charge is 2.20. The second-order valence-corrected chi connectivity index (χ2v) is 4.95. The molecule has 2 heterocycles. The maximum Gasteiger partial charge on any atom is 0.183 e. The zero-order valence-corrected chi connectivity index (χ0v) is 12.3. The van der Waals surface area contributed by atoms with Gasteiger partial charge in [-0.05, 0) is 0 Å². The first-order valence-corrected chi connectivity index (χ1v) is 6.63. The highest BCUT2D eigenvalue weighted by atomic mass is 16.3. The molecule has 0 aromatic carbocycles. The van der Waals surface area contributed by atoms with E-state index in [1.165, 1.54) is 12.7 Å². The van der Waals surface area contributed by atoms with E-state index in [1.807, 2.05) is 14.1 Å². The zero-order chi connectivity index (χ0) is 16.1. The molecule has 9 heteroatoms. The number of aliphatic hydroxyl groups is 2. The molecule has 2 unspecified atom stereocenters. The van der Waals surface area contributed by atoms with E-state index in [4.69, 9.17) is 5.11 Å². The first kappa shape index (κ1) is 15.8. The number of hydrogen-bond donors (Lipinski definition) is 2. The summed E-state index contributed by atoms with van der Waals surface area (Å²) in [5.74, 6) is 0.384. The van der Waals surface area contributed by atoms with Crippen LogP contribution >= 0.6 is 0 Å². The Morgan fingerprint density at radius 3 is 2.86 bits per heavy atom. The molecule has 0 aliphatic heterocycles. The second kappa shape index (κ2) is 6.93. The number of rotatable bonds is 6. The Kier molecular flexibility index (Phi) is 4.98. The van der Waals surface area contributed by atoms with Crippen molar-refractivity contribution in [2.75, 3.05) is 20.7 Å². The fraction of sp³-hybridized carbons (Fsp3) is 0.462. The van der Waals surface area contributed by atoms with Crippen LogP contribution in [-0.2, 0) is 0 Å². The van der Waals surface area contributed by atoms with Crippen LogP contribution in [0.25, 0.3) is 11.2 Å². The third kappa shape index (κ3) is 3.36. The van der Waals surface area contributed by atoms with Crippen LogP contribution in [0.5, 0.6) is 0 Å². The first-order chi connectivity index (χ1) is 10.6. The van der Waals surface area contributed by atoms with Gasteiger partial charge in [0.2, 0.25) is 0 Å². The molecular formula is C13H17N7O2. The van der Waals surface area contributed by atoms with Crippen LogP contribution in [0, 0.1) is 11.3 Å². The number of nitrogens with zero attached hydrogens (tertiary/aromatic N) is 7. The van der Waals surface area contributed by atoms with Crippen molar-refractivity contribution in [1.29, 1.82) is 5.26 Å². The SMILES string of the molecule is CN(C)C=Nc1ncnc2ncn(C(C#N)CC(O)CO)c12. The van der Waals surface area contributed by atoms with Crippen LogP contribution < -0.4 is 0 Å². The lowest BCUT2D eigenvalue weighted by atomic mass is 10.1. The smallest absolute Gasteiger partial charge is 0.183 e. The molecule has 2 N–H and O–H groups in total. The van der Waals surface area contributed by atoms with Gasteiger partial charge in [0.05, 0.1) is 31.4 Å². The summed E-state index contributed by atoms with van der Waals surface area (Å²) in [6.45, 7) is -0.410. The Balaban J connectivity index is 2.48. The molecule has 0 amide bonds. The largest absolute Gasteiger partial charge is 0.394 e. The Labute approximate surface area is 127 Å². The van der Waals surface area contributed by atoms with Gasteiger partial charge in [-0.3, -0.25) is 0 Å². The molecule has 0 saturated carbocycles. The molecule has 22 heavy (non-hydrogen) atoms. The van der Waals surface area contributed by atoms with Gasteiger partial charge in [0.15, 0.2) is 11.5 Å². The lowest BCUT2D eigenvalue weighted by Crippen LogP contribution is -2.19. The van der Waals surface area contributed by atoms with Crippen LogP contribution in [0.3, 0.4) is 0 Å². The molecular weight excluding hydrogens is 286 g/mol. The number of nitriles is 1. The summed E-state index contributed by atoms with van der Waals surface area (Å²) in [6.07, 6.45) is 3.49.